The van der Waals surface area contributed by atoms with Crippen molar-refractivity contribution in [1.82, 2.24) is 9.88 Å². The Kier molecular flexibility index (Phi) is 4.05. The number of hydrogen-bond donors (Lipinski definition) is 0. The van der Waals surface area contributed by atoms with E-state index >= 15 is 0 Å². The molecule has 0 N–H and O–H groups in total. The molecule has 2 heterocycles. The van der Waals surface area contributed by atoms with Crippen molar-refractivity contribution < 1.29 is 9.53 Å². The second-order valence-corrected chi connectivity index (χ2v) is 7.34. The maximum atomic E-state index is 12.6. The van der Waals surface area contributed by atoms with Crippen LogP contribution in [-0.4, -0.2) is 49.1 Å². The Labute approximate surface area is 150 Å². The predicted octanol–water partition coefficient (Wildman–Crippen LogP) is 3.27. The van der Waals surface area contributed by atoms with Crippen molar-refractivity contribution in [2.75, 3.05) is 32.1 Å². The largest absolute Gasteiger partial charge is 0.463 e. The van der Waals surface area contributed by atoms with Crippen LogP contribution in [0.5, 0.6) is 5.19 Å². The van der Waals surface area contributed by atoms with Crippen LogP contribution in [0.25, 0.3) is 10.2 Å². The number of ether oxygens (including phenoxy) is 1. The van der Waals surface area contributed by atoms with Crippen molar-refractivity contribution in [1.29, 1.82) is 0 Å². The fraction of sp³-hybridized carbons (Fsp3) is 0.263. The van der Waals surface area contributed by atoms with Crippen LogP contribution >= 0.6 is 11.3 Å². The minimum absolute atomic E-state index is 0.0153. The lowest BCUT2D eigenvalue weighted by atomic mass is 10.1. The fourth-order valence-electron chi connectivity index (χ4n) is 2.82. The Hall–Kier alpha value is -2.60. The first kappa shape index (κ1) is 15.9. The Bertz CT molecular complexity index is 883. The van der Waals surface area contributed by atoms with Gasteiger partial charge in [-0.3, -0.25) is 4.79 Å². The highest BCUT2D eigenvalue weighted by Gasteiger charge is 2.33. The van der Waals surface area contributed by atoms with Gasteiger partial charge in [-0.15, -0.1) is 0 Å². The highest BCUT2D eigenvalue weighted by atomic mass is 32.1. The van der Waals surface area contributed by atoms with E-state index in [4.69, 9.17) is 4.74 Å². The molecule has 0 aliphatic carbocycles. The maximum absolute atomic E-state index is 12.6. The molecule has 1 aromatic heterocycles. The lowest BCUT2D eigenvalue weighted by Gasteiger charge is -2.38. The van der Waals surface area contributed by atoms with Crippen molar-refractivity contribution in [2.45, 2.75) is 6.10 Å². The summed E-state index contributed by atoms with van der Waals surface area (Å²) in [5.41, 5.74) is 2.69. The van der Waals surface area contributed by atoms with E-state index in [0.717, 1.165) is 15.9 Å². The Morgan fingerprint density at radius 3 is 2.76 bits per heavy atom. The molecule has 1 saturated heterocycles. The Morgan fingerprint density at radius 1 is 1.20 bits per heavy atom. The molecule has 0 saturated carbocycles. The summed E-state index contributed by atoms with van der Waals surface area (Å²) in [5, 5.41) is 0.674. The Morgan fingerprint density at radius 2 is 2.00 bits per heavy atom. The zero-order valence-corrected chi connectivity index (χ0v) is 15.0. The topological polar surface area (TPSA) is 45.7 Å². The molecular formula is C19H19N3O2S. The number of nitrogens with zero attached hydrogens (tertiary/aromatic N) is 3. The zero-order chi connectivity index (χ0) is 17.4. The van der Waals surface area contributed by atoms with Crippen LogP contribution in [-0.2, 0) is 0 Å². The lowest BCUT2D eigenvalue weighted by Crippen LogP contribution is -2.56. The van der Waals surface area contributed by atoms with Crippen LogP contribution < -0.4 is 9.64 Å². The summed E-state index contributed by atoms with van der Waals surface area (Å²) in [4.78, 5) is 20.9. The standard InChI is InChI=1S/C19H19N3O2S/c1-21(2)14-7-5-6-13(10-14)18(23)22-11-15(12-22)24-19-20-16-8-3-4-9-17(16)25-19/h3-10,15H,11-12H2,1-2H3. The highest BCUT2D eigenvalue weighted by Crippen LogP contribution is 2.29. The van der Waals surface area contributed by atoms with Gasteiger partial charge in [0.15, 0.2) is 0 Å². The van der Waals surface area contributed by atoms with Gasteiger partial charge in [0.1, 0.15) is 6.10 Å². The molecule has 1 aliphatic rings. The molecule has 2 aromatic carbocycles. The fourth-order valence-corrected chi connectivity index (χ4v) is 3.70. The summed E-state index contributed by atoms with van der Waals surface area (Å²) in [6, 6.07) is 15.7. The van der Waals surface area contributed by atoms with Crippen LogP contribution in [0, 0.1) is 0 Å². The summed E-state index contributed by atoms with van der Waals surface area (Å²) < 4.78 is 7.03. The van der Waals surface area contributed by atoms with E-state index in [1.807, 2.05) is 72.4 Å². The minimum atomic E-state index is 0.0153. The van der Waals surface area contributed by atoms with Gasteiger partial charge < -0.3 is 14.5 Å². The average Bonchev–Trinajstić information content (AvgIpc) is 3.00. The number of hydrogen-bond acceptors (Lipinski definition) is 5. The van der Waals surface area contributed by atoms with E-state index in [-0.39, 0.29) is 12.0 Å². The van der Waals surface area contributed by atoms with Gasteiger partial charge in [-0.1, -0.05) is 29.5 Å². The van der Waals surface area contributed by atoms with Crippen LogP contribution in [0.4, 0.5) is 5.69 Å². The van der Waals surface area contributed by atoms with Crippen molar-refractivity contribution in [3.63, 3.8) is 0 Å². The lowest BCUT2D eigenvalue weighted by molar-refractivity contribution is 0.0178. The van der Waals surface area contributed by atoms with Crippen molar-refractivity contribution >= 4 is 33.1 Å². The molecule has 0 spiro atoms. The molecule has 0 bridgehead atoms. The number of fused-ring (bicyclic) bond motifs is 1. The number of benzene rings is 2. The normalized spacial score (nSPS) is 14.4. The van der Waals surface area contributed by atoms with E-state index < -0.39 is 0 Å². The molecule has 1 aliphatic heterocycles. The molecule has 1 fully saturated rings. The molecule has 0 radical (unpaired) electrons. The van der Waals surface area contributed by atoms with Gasteiger partial charge in [0.2, 0.25) is 0 Å². The number of anilines is 1. The van der Waals surface area contributed by atoms with Gasteiger partial charge in [-0.2, -0.15) is 0 Å². The molecule has 1 amide bonds. The van der Waals surface area contributed by atoms with E-state index in [1.54, 1.807) is 11.3 Å². The van der Waals surface area contributed by atoms with Crippen molar-refractivity contribution in [2.24, 2.45) is 0 Å². The average molecular weight is 353 g/mol. The highest BCUT2D eigenvalue weighted by molar-refractivity contribution is 7.20. The second kappa shape index (κ2) is 6.37. The number of rotatable bonds is 4. The SMILES string of the molecule is CN(C)c1cccc(C(=O)N2CC(Oc3nc4ccccc4s3)C2)c1. The van der Waals surface area contributed by atoms with E-state index in [2.05, 4.69) is 4.98 Å². The van der Waals surface area contributed by atoms with Crippen molar-refractivity contribution in [3.05, 3.63) is 54.1 Å². The molecule has 6 heteroatoms. The third-order valence-electron chi connectivity index (χ3n) is 4.29. The number of para-hydroxylation sites is 1. The molecule has 25 heavy (non-hydrogen) atoms. The molecule has 0 atom stereocenters. The van der Waals surface area contributed by atoms with Crippen LogP contribution in [0.3, 0.4) is 0 Å². The first-order chi connectivity index (χ1) is 12.1. The number of likely N-dealkylation sites (tertiary alicyclic amines) is 1. The summed E-state index contributed by atoms with van der Waals surface area (Å²) in [7, 11) is 3.93. The number of thiazole rings is 1. The number of carbonyl (C=O) groups is 1. The Balaban J connectivity index is 1.38. The zero-order valence-electron chi connectivity index (χ0n) is 14.2. The number of amides is 1. The van der Waals surface area contributed by atoms with Gasteiger partial charge in [-0.05, 0) is 30.3 Å². The molecule has 128 valence electrons. The van der Waals surface area contributed by atoms with Crippen LogP contribution in [0.1, 0.15) is 10.4 Å². The number of carbonyl (C=O) groups excluding carboxylic acids is 1. The van der Waals surface area contributed by atoms with Crippen LogP contribution in [0.2, 0.25) is 0 Å². The van der Waals surface area contributed by atoms with E-state index in [0.29, 0.717) is 23.8 Å². The molecule has 4 rings (SSSR count). The van der Waals surface area contributed by atoms with Crippen molar-refractivity contribution in [3.8, 4) is 5.19 Å². The molecular weight excluding hydrogens is 334 g/mol. The van der Waals surface area contributed by atoms with E-state index in [1.165, 1.54) is 0 Å². The van der Waals surface area contributed by atoms with Gasteiger partial charge in [0.25, 0.3) is 11.1 Å². The summed E-state index contributed by atoms with van der Waals surface area (Å²) in [6.45, 7) is 1.20. The van der Waals surface area contributed by atoms with Gasteiger partial charge in [0, 0.05) is 25.3 Å². The molecule has 3 aromatic rings. The third-order valence-corrected chi connectivity index (χ3v) is 5.21. The predicted molar refractivity (Wildman–Crippen MR) is 101 cm³/mol. The quantitative estimate of drug-likeness (QED) is 0.722. The smallest absolute Gasteiger partial charge is 0.274 e. The third kappa shape index (κ3) is 3.17. The van der Waals surface area contributed by atoms with E-state index in [9.17, 15) is 4.79 Å². The second-order valence-electron chi connectivity index (χ2n) is 6.34. The van der Waals surface area contributed by atoms with Gasteiger partial charge in [-0.25, -0.2) is 4.98 Å². The molecule has 0 unspecified atom stereocenters. The molecule has 5 nitrogen and oxygen atoms in total. The number of aromatic nitrogens is 1. The summed E-state index contributed by atoms with van der Waals surface area (Å²) in [6.07, 6.45) is 0.0153. The minimum Gasteiger partial charge on any atom is -0.463 e. The maximum Gasteiger partial charge on any atom is 0.274 e. The first-order valence-electron chi connectivity index (χ1n) is 8.19. The van der Waals surface area contributed by atoms with Gasteiger partial charge >= 0.3 is 0 Å². The monoisotopic (exact) mass is 353 g/mol. The first-order valence-corrected chi connectivity index (χ1v) is 9.01. The summed E-state index contributed by atoms with van der Waals surface area (Å²) in [5.74, 6) is 0.0489. The van der Waals surface area contributed by atoms with Gasteiger partial charge in [0.05, 0.1) is 23.3 Å². The summed E-state index contributed by atoms with van der Waals surface area (Å²) >= 11 is 1.54. The van der Waals surface area contributed by atoms with Crippen LogP contribution in [0.15, 0.2) is 48.5 Å².